The highest BCUT2D eigenvalue weighted by Crippen LogP contribution is 1.87. The number of allylic oxidation sites excluding steroid dienone is 1. The summed E-state index contributed by atoms with van der Waals surface area (Å²) in [6.07, 6.45) is 9.24. The first-order valence-corrected chi connectivity index (χ1v) is 3.58. The molecule has 0 aliphatic carbocycles. The van der Waals surface area contributed by atoms with E-state index < -0.39 is 0 Å². The van der Waals surface area contributed by atoms with Gasteiger partial charge in [0.15, 0.2) is 0 Å². The topological polar surface area (TPSA) is 12.4 Å². The van der Waals surface area contributed by atoms with Crippen molar-refractivity contribution in [2.75, 3.05) is 0 Å². The fourth-order valence-corrected chi connectivity index (χ4v) is 0.468. The summed E-state index contributed by atoms with van der Waals surface area (Å²) in [5.74, 6) is 0. The summed E-state index contributed by atoms with van der Waals surface area (Å²) in [6.45, 7) is 4.24. The minimum Gasteiger partial charge on any atom is -0.269 e. The maximum atomic E-state index is 4.02. The zero-order valence-corrected chi connectivity index (χ0v) is 6.30. The summed E-state index contributed by atoms with van der Waals surface area (Å²) < 4.78 is 0. The first-order chi connectivity index (χ1) is 4.41. The molecular formula is C8H15N. The van der Waals surface area contributed by atoms with E-state index in [4.69, 9.17) is 0 Å². The maximum absolute atomic E-state index is 4.02. The molecule has 0 N–H and O–H groups in total. The van der Waals surface area contributed by atoms with Crippen LogP contribution in [-0.2, 0) is 0 Å². The van der Waals surface area contributed by atoms with Gasteiger partial charge in [-0.1, -0.05) is 26.3 Å². The van der Waals surface area contributed by atoms with E-state index in [0.29, 0.717) is 0 Å². The van der Waals surface area contributed by atoms with Crippen LogP contribution in [0.1, 0.15) is 33.1 Å². The van der Waals surface area contributed by atoms with Crippen LogP contribution in [0.4, 0.5) is 0 Å². The lowest BCUT2D eigenvalue weighted by atomic mass is 10.3. The molecule has 52 valence electrons. The number of aliphatic imine (C=N–C) groups is 1. The standard InChI is InChI=1S/C8H15N/c1-3-5-6-8-9-7-4-2/h6-8H,3-5H2,1-2H3/b8-6-,9-7?. The molecule has 1 heteroatoms. The smallest absolute Gasteiger partial charge is 0.0223 e. The van der Waals surface area contributed by atoms with Crippen LogP contribution in [0.3, 0.4) is 0 Å². The van der Waals surface area contributed by atoms with E-state index in [1.54, 1.807) is 0 Å². The van der Waals surface area contributed by atoms with Crippen molar-refractivity contribution < 1.29 is 0 Å². The lowest BCUT2D eigenvalue weighted by Crippen LogP contribution is -1.64. The van der Waals surface area contributed by atoms with E-state index in [9.17, 15) is 0 Å². The molecule has 0 spiro atoms. The van der Waals surface area contributed by atoms with Gasteiger partial charge in [-0.15, -0.1) is 0 Å². The third-order valence-corrected chi connectivity index (χ3v) is 0.935. The zero-order valence-electron chi connectivity index (χ0n) is 6.30. The summed E-state index contributed by atoms with van der Waals surface area (Å²) in [4.78, 5) is 4.02. The van der Waals surface area contributed by atoms with Gasteiger partial charge < -0.3 is 0 Å². The Morgan fingerprint density at radius 3 is 2.67 bits per heavy atom. The van der Waals surface area contributed by atoms with Crippen molar-refractivity contribution in [3.05, 3.63) is 12.3 Å². The molecule has 0 atom stereocenters. The highest BCUT2D eigenvalue weighted by Gasteiger charge is 1.68. The van der Waals surface area contributed by atoms with Crippen LogP contribution < -0.4 is 0 Å². The molecule has 0 aliphatic rings. The molecule has 0 fully saturated rings. The molecule has 0 aromatic carbocycles. The van der Waals surface area contributed by atoms with E-state index in [1.165, 1.54) is 6.42 Å². The van der Waals surface area contributed by atoms with E-state index in [-0.39, 0.29) is 0 Å². The van der Waals surface area contributed by atoms with Gasteiger partial charge in [0.05, 0.1) is 0 Å². The van der Waals surface area contributed by atoms with Gasteiger partial charge in [-0.25, -0.2) is 0 Å². The fourth-order valence-electron chi connectivity index (χ4n) is 0.468. The van der Waals surface area contributed by atoms with Gasteiger partial charge in [-0.05, 0) is 12.8 Å². The van der Waals surface area contributed by atoms with Crippen LogP contribution in [0.2, 0.25) is 0 Å². The van der Waals surface area contributed by atoms with Gasteiger partial charge in [0, 0.05) is 12.4 Å². The van der Waals surface area contributed by atoms with Crippen LogP contribution in [0.25, 0.3) is 0 Å². The highest BCUT2D eigenvalue weighted by atomic mass is 14.7. The Bertz CT molecular complexity index is 92.7. The molecule has 0 saturated heterocycles. The van der Waals surface area contributed by atoms with E-state index in [0.717, 1.165) is 12.8 Å². The fraction of sp³-hybridized carbons (Fsp3) is 0.625. The summed E-state index contributed by atoms with van der Waals surface area (Å²) in [7, 11) is 0. The normalized spacial score (nSPS) is 11.8. The summed E-state index contributed by atoms with van der Waals surface area (Å²) >= 11 is 0. The van der Waals surface area contributed by atoms with Gasteiger partial charge >= 0.3 is 0 Å². The molecule has 0 heterocycles. The van der Waals surface area contributed by atoms with Gasteiger partial charge in [-0.2, -0.15) is 0 Å². The first kappa shape index (κ1) is 8.41. The Labute approximate surface area is 57.5 Å². The average molecular weight is 125 g/mol. The Balaban J connectivity index is 3.13. The number of unbranched alkanes of at least 4 members (excludes halogenated alkanes) is 1. The number of hydrogen-bond donors (Lipinski definition) is 0. The Morgan fingerprint density at radius 2 is 2.11 bits per heavy atom. The van der Waals surface area contributed by atoms with Crippen molar-refractivity contribution in [3.8, 4) is 0 Å². The maximum Gasteiger partial charge on any atom is 0.0223 e. The number of rotatable bonds is 4. The molecular weight excluding hydrogens is 110 g/mol. The molecule has 0 aromatic rings. The SMILES string of the molecule is CCC=N/C=C\CCC. The molecule has 1 nitrogen and oxygen atoms in total. The Kier molecular flexibility index (Phi) is 6.92. The van der Waals surface area contributed by atoms with Crippen molar-refractivity contribution in [1.82, 2.24) is 0 Å². The van der Waals surface area contributed by atoms with Crippen molar-refractivity contribution >= 4 is 6.21 Å². The van der Waals surface area contributed by atoms with Crippen LogP contribution in [0.5, 0.6) is 0 Å². The summed E-state index contributed by atoms with van der Waals surface area (Å²) in [5.41, 5.74) is 0. The van der Waals surface area contributed by atoms with Crippen LogP contribution >= 0.6 is 0 Å². The van der Waals surface area contributed by atoms with E-state index in [1.807, 2.05) is 12.4 Å². The van der Waals surface area contributed by atoms with Crippen LogP contribution in [-0.4, -0.2) is 6.21 Å². The minimum atomic E-state index is 1.02. The second-order valence-corrected chi connectivity index (χ2v) is 1.91. The molecule has 0 bridgehead atoms. The minimum absolute atomic E-state index is 1.02. The molecule has 0 amide bonds. The van der Waals surface area contributed by atoms with Crippen molar-refractivity contribution in [1.29, 1.82) is 0 Å². The van der Waals surface area contributed by atoms with Crippen LogP contribution in [0, 0.1) is 0 Å². The molecule has 9 heavy (non-hydrogen) atoms. The largest absolute Gasteiger partial charge is 0.269 e. The number of hydrogen-bond acceptors (Lipinski definition) is 1. The third-order valence-electron chi connectivity index (χ3n) is 0.935. The van der Waals surface area contributed by atoms with Gasteiger partial charge in [0.1, 0.15) is 0 Å². The lowest BCUT2D eigenvalue weighted by molar-refractivity contribution is 0.956. The van der Waals surface area contributed by atoms with Gasteiger partial charge in [0.2, 0.25) is 0 Å². The van der Waals surface area contributed by atoms with Crippen molar-refractivity contribution in [3.63, 3.8) is 0 Å². The molecule has 0 aromatic heterocycles. The Morgan fingerprint density at radius 1 is 1.33 bits per heavy atom. The lowest BCUT2D eigenvalue weighted by Gasteiger charge is -1.79. The van der Waals surface area contributed by atoms with Crippen LogP contribution in [0.15, 0.2) is 17.3 Å². The molecule has 0 radical (unpaired) electrons. The van der Waals surface area contributed by atoms with Crippen molar-refractivity contribution in [2.45, 2.75) is 33.1 Å². The molecule has 0 saturated carbocycles. The zero-order chi connectivity index (χ0) is 6.95. The average Bonchev–Trinajstić information content (AvgIpc) is 1.89. The predicted molar refractivity (Wildman–Crippen MR) is 42.8 cm³/mol. The Hall–Kier alpha value is -0.590. The van der Waals surface area contributed by atoms with Gasteiger partial charge in [0.25, 0.3) is 0 Å². The molecule has 0 rings (SSSR count). The van der Waals surface area contributed by atoms with Crippen molar-refractivity contribution in [2.24, 2.45) is 4.99 Å². The second-order valence-electron chi connectivity index (χ2n) is 1.91. The molecule has 0 unspecified atom stereocenters. The second kappa shape index (κ2) is 7.41. The third kappa shape index (κ3) is 7.41. The van der Waals surface area contributed by atoms with Gasteiger partial charge in [-0.3, -0.25) is 4.99 Å². The number of nitrogens with zero attached hydrogens (tertiary/aromatic N) is 1. The first-order valence-electron chi connectivity index (χ1n) is 3.58. The quantitative estimate of drug-likeness (QED) is 0.512. The van der Waals surface area contributed by atoms with E-state index in [2.05, 4.69) is 24.9 Å². The summed E-state index contributed by atoms with van der Waals surface area (Å²) in [5, 5.41) is 0. The predicted octanol–water partition coefficient (Wildman–Crippen LogP) is 2.78. The molecule has 0 aliphatic heterocycles. The highest BCUT2D eigenvalue weighted by molar-refractivity contribution is 5.57. The van der Waals surface area contributed by atoms with E-state index >= 15 is 0 Å². The monoisotopic (exact) mass is 125 g/mol. The summed E-state index contributed by atoms with van der Waals surface area (Å²) in [6, 6.07) is 0.